The van der Waals surface area contributed by atoms with Crippen LogP contribution in [0.3, 0.4) is 0 Å². The van der Waals surface area contributed by atoms with E-state index >= 15 is 0 Å². The first-order valence-corrected chi connectivity index (χ1v) is 7.05. The summed E-state index contributed by atoms with van der Waals surface area (Å²) in [7, 11) is 0. The molecule has 0 atom stereocenters. The molecule has 0 fully saturated rings. The van der Waals surface area contributed by atoms with E-state index in [2.05, 4.69) is 5.32 Å². The second kappa shape index (κ2) is 6.39. The highest BCUT2D eigenvalue weighted by Crippen LogP contribution is 2.34. The number of hydrogen-bond donors (Lipinski definition) is 1. The second-order valence-electron chi connectivity index (χ2n) is 5.07. The van der Waals surface area contributed by atoms with Crippen LogP contribution in [0, 0.1) is 6.92 Å². The van der Waals surface area contributed by atoms with Gasteiger partial charge in [-0.15, -0.1) is 0 Å². The van der Waals surface area contributed by atoms with E-state index in [0.717, 1.165) is 5.56 Å². The number of ether oxygens (including phenoxy) is 3. The van der Waals surface area contributed by atoms with Gasteiger partial charge >= 0.3 is 0 Å². The molecule has 1 aliphatic rings. The molecule has 2 aromatic rings. The van der Waals surface area contributed by atoms with Crippen molar-refractivity contribution in [1.82, 2.24) is 5.32 Å². The fraction of sp³-hybridized carbons (Fsp3) is 0.235. The number of aryl methyl sites for hydroxylation is 1. The first-order chi connectivity index (χ1) is 10.7. The molecule has 0 spiro atoms. The second-order valence-corrected chi connectivity index (χ2v) is 5.07. The zero-order valence-electron chi connectivity index (χ0n) is 12.3. The summed E-state index contributed by atoms with van der Waals surface area (Å²) in [4.78, 5) is 11.8. The molecule has 5 nitrogen and oxygen atoms in total. The minimum Gasteiger partial charge on any atom is -0.484 e. The maximum Gasteiger partial charge on any atom is 0.258 e. The van der Waals surface area contributed by atoms with E-state index in [-0.39, 0.29) is 19.3 Å². The zero-order chi connectivity index (χ0) is 15.4. The molecule has 1 amide bonds. The largest absolute Gasteiger partial charge is 0.484 e. The van der Waals surface area contributed by atoms with Crippen molar-refractivity contribution in [2.75, 3.05) is 13.4 Å². The van der Waals surface area contributed by atoms with Gasteiger partial charge in [-0.3, -0.25) is 4.79 Å². The Bertz CT molecular complexity index is 667. The van der Waals surface area contributed by atoms with Crippen molar-refractivity contribution in [1.29, 1.82) is 0 Å². The molecule has 114 valence electrons. The Balaban J connectivity index is 1.47. The van der Waals surface area contributed by atoms with Crippen molar-refractivity contribution < 1.29 is 19.0 Å². The standard InChI is InChI=1S/C17H17NO4/c1-12-2-4-13(5-3-12)9-18-17(19)10-20-14-6-7-15-16(8-14)22-11-21-15/h2-8H,9-11H2,1H3,(H,18,19). The third-order valence-electron chi connectivity index (χ3n) is 3.32. The Labute approximate surface area is 128 Å². The van der Waals surface area contributed by atoms with Gasteiger partial charge in [-0.25, -0.2) is 0 Å². The molecule has 5 heteroatoms. The van der Waals surface area contributed by atoms with Crippen molar-refractivity contribution in [3.05, 3.63) is 53.6 Å². The van der Waals surface area contributed by atoms with Crippen LogP contribution < -0.4 is 19.5 Å². The Morgan fingerprint density at radius 3 is 2.73 bits per heavy atom. The number of benzene rings is 2. The van der Waals surface area contributed by atoms with Gasteiger partial charge in [0, 0.05) is 12.6 Å². The summed E-state index contributed by atoms with van der Waals surface area (Å²) in [5.41, 5.74) is 2.25. The summed E-state index contributed by atoms with van der Waals surface area (Å²) in [6.07, 6.45) is 0. The summed E-state index contributed by atoms with van der Waals surface area (Å²) >= 11 is 0. The van der Waals surface area contributed by atoms with Crippen molar-refractivity contribution in [2.45, 2.75) is 13.5 Å². The quantitative estimate of drug-likeness (QED) is 0.921. The fourth-order valence-corrected chi connectivity index (χ4v) is 2.07. The molecule has 0 saturated carbocycles. The molecule has 0 aromatic heterocycles. The fourth-order valence-electron chi connectivity index (χ4n) is 2.07. The number of nitrogens with one attached hydrogen (secondary N) is 1. The minimum atomic E-state index is -0.168. The van der Waals surface area contributed by atoms with E-state index in [0.29, 0.717) is 23.8 Å². The molecule has 3 rings (SSSR count). The molecule has 22 heavy (non-hydrogen) atoms. The van der Waals surface area contributed by atoms with Gasteiger partial charge in [-0.1, -0.05) is 29.8 Å². The summed E-state index contributed by atoms with van der Waals surface area (Å²) < 4.78 is 15.9. The highest BCUT2D eigenvalue weighted by atomic mass is 16.7. The van der Waals surface area contributed by atoms with Crippen LogP contribution in [0.5, 0.6) is 17.2 Å². The zero-order valence-corrected chi connectivity index (χ0v) is 12.3. The number of hydrogen-bond acceptors (Lipinski definition) is 4. The lowest BCUT2D eigenvalue weighted by Gasteiger charge is -2.08. The van der Waals surface area contributed by atoms with Crippen LogP contribution in [-0.2, 0) is 11.3 Å². The van der Waals surface area contributed by atoms with Gasteiger partial charge in [0.2, 0.25) is 6.79 Å². The number of rotatable bonds is 5. The van der Waals surface area contributed by atoms with Crippen molar-refractivity contribution in [2.24, 2.45) is 0 Å². The van der Waals surface area contributed by atoms with E-state index in [4.69, 9.17) is 14.2 Å². The highest BCUT2D eigenvalue weighted by molar-refractivity contribution is 5.77. The van der Waals surface area contributed by atoms with E-state index in [9.17, 15) is 4.79 Å². The SMILES string of the molecule is Cc1ccc(CNC(=O)COc2ccc3c(c2)OCO3)cc1. The molecule has 0 saturated heterocycles. The molecule has 2 aromatic carbocycles. The van der Waals surface area contributed by atoms with Gasteiger partial charge in [0.15, 0.2) is 18.1 Å². The molecule has 0 unspecified atom stereocenters. The maximum atomic E-state index is 11.8. The smallest absolute Gasteiger partial charge is 0.258 e. The molecule has 0 bridgehead atoms. The molecule has 0 aliphatic carbocycles. The highest BCUT2D eigenvalue weighted by Gasteiger charge is 2.14. The topological polar surface area (TPSA) is 56.8 Å². The normalized spacial score (nSPS) is 12.0. The van der Waals surface area contributed by atoms with Crippen LogP contribution in [0.4, 0.5) is 0 Å². The van der Waals surface area contributed by atoms with Gasteiger partial charge < -0.3 is 19.5 Å². The first kappa shape index (κ1) is 14.3. The van der Waals surface area contributed by atoms with Gasteiger partial charge in [0.1, 0.15) is 5.75 Å². The molecule has 1 heterocycles. The molecule has 0 radical (unpaired) electrons. The van der Waals surface area contributed by atoms with E-state index in [1.807, 2.05) is 31.2 Å². The van der Waals surface area contributed by atoms with E-state index in [1.54, 1.807) is 18.2 Å². The van der Waals surface area contributed by atoms with Crippen molar-refractivity contribution in [3.63, 3.8) is 0 Å². The Kier molecular flexibility index (Phi) is 4.14. The van der Waals surface area contributed by atoms with Crippen LogP contribution in [0.15, 0.2) is 42.5 Å². The molecular weight excluding hydrogens is 282 g/mol. The van der Waals surface area contributed by atoms with Crippen LogP contribution in [0.1, 0.15) is 11.1 Å². The first-order valence-electron chi connectivity index (χ1n) is 7.05. The average Bonchev–Trinajstić information content (AvgIpc) is 3.00. The average molecular weight is 299 g/mol. The Morgan fingerprint density at radius 1 is 1.14 bits per heavy atom. The van der Waals surface area contributed by atoms with Crippen LogP contribution >= 0.6 is 0 Å². The summed E-state index contributed by atoms with van der Waals surface area (Å²) in [5.74, 6) is 1.74. The van der Waals surface area contributed by atoms with Crippen LogP contribution in [0.25, 0.3) is 0 Å². The summed E-state index contributed by atoms with van der Waals surface area (Å²) in [6.45, 7) is 2.70. The molecule has 1 aliphatic heterocycles. The van der Waals surface area contributed by atoms with Crippen LogP contribution in [0.2, 0.25) is 0 Å². The molecule has 1 N–H and O–H groups in total. The van der Waals surface area contributed by atoms with Gasteiger partial charge in [-0.2, -0.15) is 0 Å². The van der Waals surface area contributed by atoms with E-state index < -0.39 is 0 Å². The number of carbonyl (C=O) groups excluding carboxylic acids is 1. The monoisotopic (exact) mass is 299 g/mol. The lowest BCUT2D eigenvalue weighted by Crippen LogP contribution is -2.28. The van der Waals surface area contributed by atoms with Crippen LogP contribution in [-0.4, -0.2) is 19.3 Å². The molecular formula is C17H17NO4. The predicted molar refractivity (Wildman–Crippen MR) is 81.1 cm³/mol. The lowest BCUT2D eigenvalue weighted by atomic mass is 10.1. The summed E-state index contributed by atoms with van der Waals surface area (Å²) in [5, 5.41) is 2.82. The Hall–Kier alpha value is -2.69. The summed E-state index contributed by atoms with van der Waals surface area (Å²) in [6, 6.07) is 13.3. The predicted octanol–water partition coefficient (Wildman–Crippen LogP) is 2.42. The third-order valence-corrected chi connectivity index (χ3v) is 3.32. The Morgan fingerprint density at radius 2 is 1.91 bits per heavy atom. The van der Waals surface area contributed by atoms with Crippen molar-refractivity contribution in [3.8, 4) is 17.2 Å². The van der Waals surface area contributed by atoms with E-state index in [1.165, 1.54) is 5.56 Å². The number of amides is 1. The van der Waals surface area contributed by atoms with Gasteiger partial charge in [-0.05, 0) is 24.6 Å². The maximum absolute atomic E-state index is 11.8. The minimum absolute atomic E-state index is 0.0362. The van der Waals surface area contributed by atoms with Crippen molar-refractivity contribution >= 4 is 5.91 Å². The number of carbonyl (C=O) groups is 1. The lowest BCUT2D eigenvalue weighted by molar-refractivity contribution is -0.123. The third kappa shape index (κ3) is 3.49. The van der Waals surface area contributed by atoms with Gasteiger partial charge in [0.05, 0.1) is 0 Å². The van der Waals surface area contributed by atoms with Gasteiger partial charge in [0.25, 0.3) is 5.91 Å². The number of fused-ring (bicyclic) bond motifs is 1.